The SMILES string of the molecule is CCOC(=O)C(F)(F)c1ncccc1C(C)=O. The van der Waals surface area contributed by atoms with Crippen LogP contribution in [0.2, 0.25) is 0 Å². The molecule has 1 aromatic rings. The van der Waals surface area contributed by atoms with Gasteiger partial charge in [0.25, 0.3) is 0 Å². The number of esters is 1. The minimum absolute atomic E-state index is 0.170. The van der Waals surface area contributed by atoms with Crippen LogP contribution in [0.3, 0.4) is 0 Å². The Morgan fingerprint density at radius 3 is 2.65 bits per heavy atom. The fourth-order valence-electron chi connectivity index (χ4n) is 1.26. The Hall–Kier alpha value is -1.85. The number of alkyl halides is 2. The molecule has 0 radical (unpaired) electrons. The molecule has 92 valence electrons. The number of hydrogen-bond acceptors (Lipinski definition) is 4. The lowest BCUT2D eigenvalue weighted by atomic mass is 10.1. The third-order valence-electron chi connectivity index (χ3n) is 2.02. The molecule has 0 fully saturated rings. The van der Waals surface area contributed by atoms with Gasteiger partial charge in [-0.3, -0.25) is 9.78 Å². The van der Waals surface area contributed by atoms with Gasteiger partial charge in [-0.25, -0.2) is 4.79 Å². The summed E-state index contributed by atoms with van der Waals surface area (Å²) in [4.78, 5) is 25.7. The maximum absolute atomic E-state index is 13.7. The molecular formula is C11H11F2NO3. The molecule has 0 aliphatic carbocycles. The van der Waals surface area contributed by atoms with Crippen molar-refractivity contribution in [3.8, 4) is 0 Å². The molecule has 0 aliphatic heterocycles. The van der Waals surface area contributed by atoms with Crippen LogP contribution in [0.15, 0.2) is 18.3 Å². The van der Waals surface area contributed by atoms with Crippen LogP contribution < -0.4 is 0 Å². The molecule has 0 aromatic carbocycles. The lowest BCUT2D eigenvalue weighted by Gasteiger charge is -2.15. The molecule has 0 spiro atoms. The Balaban J connectivity index is 3.23. The van der Waals surface area contributed by atoms with Crippen molar-refractivity contribution < 1.29 is 23.1 Å². The molecule has 0 amide bonds. The Labute approximate surface area is 96.6 Å². The van der Waals surface area contributed by atoms with Crippen LogP contribution in [0.4, 0.5) is 8.78 Å². The predicted molar refractivity (Wildman–Crippen MR) is 54.8 cm³/mol. The summed E-state index contributed by atoms with van der Waals surface area (Å²) in [6.07, 6.45) is 1.09. The number of carbonyl (C=O) groups is 2. The number of ether oxygens (including phenoxy) is 1. The average Bonchev–Trinajstić information content (AvgIpc) is 2.29. The Morgan fingerprint density at radius 2 is 2.12 bits per heavy atom. The van der Waals surface area contributed by atoms with E-state index in [4.69, 9.17) is 0 Å². The van der Waals surface area contributed by atoms with Crippen molar-refractivity contribution in [3.63, 3.8) is 0 Å². The number of carbonyl (C=O) groups excluding carboxylic acids is 2. The highest BCUT2D eigenvalue weighted by molar-refractivity contribution is 5.97. The number of nitrogens with zero attached hydrogens (tertiary/aromatic N) is 1. The molecule has 0 N–H and O–H groups in total. The molecule has 4 nitrogen and oxygen atoms in total. The molecule has 6 heteroatoms. The van der Waals surface area contributed by atoms with Gasteiger partial charge in [0.15, 0.2) is 5.78 Å². The maximum Gasteiger partial charge on any atom is 0.385 e. The lowest BCUT2D eigenvalue weighted by Crippen LogP contribution is -2.31. The van der Waals surface area contributed by atoms with Gasteiger partial charge in [-0.15, -0.1) is 0 Å². The van der Waals surface area contributed by atoms with E-state index in [-0.39, 0.29) is 12.2 Å². The van der Waals surface area contributed by atoms with Gasteiger partial charge in [0.2, 0.25) is 0 Å². The standard InChI is InChI=1S/C11H11F2NO3/c1-3-17-10(16)11(12,13)9-8(7(2)15)5-4-6-14-9/h4-6H,3H2,1-2H3. The first-order valence-corrected chi connectivity index (χ1v) is 4.92. The summed E-state index contributed by atoms with van der Waals surface area (Å²) in [7, 11) is 0. The molecule has 0 bridgehead atoms. The molecule has 1 rings (SSSR count). The highest BCUT2D eigenvalue weighted by Crippen LogP contribution is 2.30. The van der Waals surface area contributed by atoms with Gasteiger partial charge in [-0.05, 0) is 26.0 Å². The van der Waals surface area contributed by atoms with Gasteiger partial charge >= 0.3 is 11.9 Å². The summed E-state index contributed by atoms with van der Waals surface area (Å²) in [6.45, 7) is 2.37. The van der Waals surface area contributed by atoms with Crippen molar-refractivity contribution in [2.75, 3.05) is 6.61 Å². The lowest BCUT2D eigenvalue weighted by molar-refractivity contribution is -0.173. The van der Waals surface area contributed by atoms with E-state index in [1.54, 1.807) is 0 Å². The second-order valence-electron chi connectivity index (χ2n) is 3.25. The third-order valence-corrected chi connectivity index (χ3v) is 2.02. The van der Waals surface area contributed by atoms with Crippen LogP contribution in [0.1, 0.15) is 29.9 Å². The van der Waals surface area contributed by atoms with E-state index in [9.17, 15) is 18.4 Å². The van der Waals surface area contributed by atoms with Gasteiger partial charge < -0.3 is 4.74 Å². The summed E-state index contributed by atoms with van der Waals surface area (Å²) in [5.41, 5.74) is -1.16. The van der Waals surface area contributed by atoms with Crippen LogP contribution in [0, 0.1) is 0 Å². The van der Waals surface area contributed by atoms with Crippen LogP contribution in [-0.2, 0) is 15.5 Å². The Bertz CT molecular complexity index is 446. The van der Waals surface area contributed by atoms with Gasteiger partial charge in [-0.1, -0.05) is 0 Å². The molecule has 0 aliphatic rings. The van der Waals surface area contributed by atoms with Crippen LogP contribution in [0.25, 0.3) is 0 Å². The number of rotatable bonds is 4. The minimum atomic E-state index is -3.92. The van der Waals surface area contributed by atoms with Crippen LogP contribution in [0.5, 0.6) is 0 Å². The zero-order valence-electron chi connectivity index (χ0n) is 9.37. The molecule has 0 atom stereocenters. The van der Waals surface area contributed by atoms with E-state index >= 15 is 0 Å². The molecule has 0 unspecified atom stereocenters. The predicted octanol–water partition coefficient (Wildman–Crippen LogP) is 1.94. The van der Waals surface area contributed by atoms with E-state index in [0.29, 0.717) is 0 Å². The van der Waals surface area contributed by atoms with Crippen molar-refractivity contribution in [3.05, 3.63) is 29.6 Å². The van der Waals surface area contributed by atoms with Crippen LogP contribution in [-0.4, -0.2) is 23.3 Å². The van der Waals surface area contributed by atoms with Crippen molar-refractivity contribution in [2.24, 2.45) is 0 Å². The number of halogens is 2. The highest BCUT2D eigenvalue weighted by Gasteiger charge is 2.46. The monoisotopic (exact) mass is 243 g/mol. The first-order valence-electron chi connectivity index (χ1n) is 4.92. The second kappa shape index (κ2) is 4.99. The number of aromatic nitrogens is 1. The second-order valence-corrected chi connectivity index (χ2v) is 3.25. The first-order chi connectivity index (χ1) is 7.91. The Kier molecular flexibility index (Phi) is 3.88. The minimum Gasteiger partial charge on any atom is -0.461 e. The number of ketones is 1. The maximum atomic E-state index is 13.7. The van der Waals surface area contributed by atoms with E-state index in [1.165, 1.54) is 19.1 Å². The Morgan fingerprint density at radius 1 is 1.47 bits per heavy atom. The zero-order valence-corrected chi connectivity index (χ0v) is 9.37. The number of hydrogen-bond donors (Lipinski definition) is 0. The molecule has 17 heavy (non-hydrogen) atoms. The molecule has 0 saturated heterocycles. The fourth-order valence-corrected chi connectivity index (χ4v) is 1.26. The summed E-state index contributed by atoms with van der Waals surface area (Å²) in [5.74, 6) is -6.21. The smallest absolute Gasteiger partial charge is 0.385 e. The van der Waals surface area contributed by atoms with Gasteiger partial charge in [-0.2, -0.15) is 8.78 Å². The fraction of sp³-hybridized carbons (Fsp3) is 0.364. The largest absolute Gasteiger partial charge is 0.461 e. The summed E-state index contributed by atoms with van der Waals surface area (Å²) in [6, 6.07) is 2.54. The van der Waals surface area contributed by atoms with Gasteiger partial charge in [0, 0.05) is 11.8 Å². The normalized spacial score (nSPS) is 11.1. The van der Waals surface area contributed by atoms with Crippen molar-refractivity contribution >= 4 is 11.8 Å². The molecule has 1 aromatic heterocycles. The molecular weight excluding hydrogens is 232 g/mol. The zero-order chi connectivity index (χ0) is 13.1. The summed E-state index contributed by atoms with van der Waals surface area (Å²) >= 11 is 0. The quantitative estimate of drug-likeness (QED) is 0.599. The van der Waals surface area contributed by atoms with Gasteiger partial charge in [0.05, 0.1) is 6.61 Å². The average molecular weight is 243 g/mol. The number of pyridine rings is 1. The van der Waals surface area contributed by atoms with Gasteiger partial charge in [0.1, 0.15) is 5.69 Å². The van der Waals surface area contributed by atoms with Crippen molar-refractivity contribution in [1.29, 1.82) is 0 Å². The third kappa shape index (κ3) is 2.64. The molecule has 0 saturated carbocycles. The summed E-state index contributed by atoms with van der Waals surface area (Å²) in [5, 5.41) is 0. The highest BCUT2D eigenvalue weighted by atomic mass is 19.3. The van der Waals surface area contributed by atoms with Crippen molar-refractivity contribution in [2.45, 2.75) is 19.8 Å². The topological polar surface area (TPSA) is 56.3 Å². The van der Waals surface area contributed by atoms with E-state index in [2.05, 4.69) is 9.72 Å². The number of Topliss-reactive ketones (excluding diaryl/α,β-unsaturated/α-hetero) is 1. The van der Waals surface area contributed by atoms with E-state index in [0.717, 1.165) is 13.1 Å². The van der Waals surface area contributed by atoms with Crippen molar-refractivity contribution in [1.82, 2.24) is 4.98 Å². The van der Waals surface area contributed by atoms with Crippen LogP contribution >= 0.6 is 0 Å². The molecule has 1 heterocycles. The van der Waals surface area contributed by atoms with E-state index in [1.807, 2.05) is 0 Å². The summed E-state index contributed by atoms with van der Waals surface area (Å²) < 4.78 is 31.6. The first kappa shape index (κ1) is 13.2. The van der Waals surface area contributed by atoms with E-state index < -0.39 is 23.4 Å².